The molecule has 1 atom stereocenters. The summed E-state index contributed by atoms with van der Waals surface area (Å²) in [4.78, 5) is 10.7. The molecule has 1 saturated heterocycles. The van der Waals surface area contributed by atoms with E-state index in [4.69, 9.17) is 15.6 Å². The summed E-state index contributed by atoms with van der Waals surface area (Å²) < 4.78 is 5.08. The first-order chi connectivity index (χ1) is 5.21. The van der Waals surface area contributed by atoms with Gasteiger partial charge in [0.15, 0.2) is 0 Å². The van der Waals surface area contributed by atoms with Crippen LogP contribution in [0.2, 0.25) is 0 Å². The molecule has 3 N–H and O–H groups in total. The van der Waals surface area contributed by atoms with Gasteiger partial charge >= 0.3 is 5.97 Å². The molecule has 1 fully saturated rings. The van der Waals surface area contributed by atoms with Crippen molar-refractivity contribution in [3.05, 3.63) is 0 Å². The van der Waals surface area contributed by atoms with Crippen LogP contribution in [0.25, 0.3) is 0 Å². The molecule has 0 spiro atoms. The molecule has 64 valence electrons. The fourth-order valence-electron chi connectivity index (χ4n) is 1.27. The zero-order valence-electron chi connectivity index (χ0n) is 6.38. The summed E-state index contributed by atoms with van der Waals surface area (Å²) in [6.45, 7) is 1.09. The van der Waals surface area contributed by atoms with Gasteiger partial charge < -0.3 is 15.6 Å². The van der Waals surface area contributed by atoms with Crippen LogP contribution in [0.5, 0.6) is 0 Å². The molecule has 1 rings (SSSR count). The fraction of sp³-hybridized carbons (Fsp3) is 0.857. The molecular formula is C7H13NO3. The Morgan fingerprint density at radius 3 is 2.73 bits per heavy atom. The highest BCUT2D eigenvalue weighted by Gasteiger charge is 2.39. The van der Waals surface area contributed by atoms with Gasteiger partial charge in [-0.15, -0.1) is 0 Å². The van der Waals surface area contributed by atoms with E-state index < -0.39 is 11.4 Å². The molecule has 0 saturated carbocycles. The van der Waals surface area contributed by atoms with Crippen LogP contribution >= 0.6 is 0 Å². The van der Waals surface area contributed by atoms with E-state index in [1.54, 1.807) is 0 Å². The third-order valence-electron chi connectivity index (χ3n) is 2.17. The second kappa shape index (κ2) is 3.19. The summed E-state index contributed by atoms with van der Waals surface area (Å²) >= 11 is 0. The molecule has 4 heteroatoms. The second-order valence-electron chi connectivity index (χ2n) is 2.95. The van der Waals surface area contributed by atoms with E-state index in [2.05, 4.69) is 0 Å². The summed E-state index contributed by atoms with van der Waals surface area (Å²) in [6, 6.07) is 0. The lowest BCUT2D eigenvalue weighted by Gasteiger charge is -2.31. The van der Waals surface area contributed by atoms with Gasteiger partial charge in [0.2, 0.25) is 0 Å². The van der Waals surface area contributed by atoms with Gasteiger partial charge in [-0.1, -0.05) is 0 Å². The minimum Gasteiger partial charge on any atom is -0.481 e. The molecule has 1 unspecified atom stereocenters. The molecule has 11 heavy (non-hydrogen) atoms. The lowest BCUT2D eigenvalue weighted by molar-refractivity contribution is -0.156. The van der Waals surface area contributed by atoms with Crippen molar-refractivity contribution in [2.24, 2.45) is 11.1 Å². The van der Waals surface area contributed by atoms with Gasteiger partial charge in [-0.3, -0.25) is 4.79 Å². The van der Waals surface area contributed by atoms with Gasteiger partial charge in [0.05, 0.1) is 6.61 Å². The quantitative estimate of drug-likeness (QED) is 0.586. The predicted octanol–water partition coefficient (Wildman–Crippen LogP) is -0.174. The Hall–Kier alpha value is -0.610. The van der Waals surface area contributed by atoms with Crippen molar-refractivity contribution < 1.29 is 14.6 Å². The molecule has 0 aliphatic carbocycles. The van der Waals surface area contributed by atoms with Gasteiger partial charge in [-0.2, -0.15) is 0 Å². The molecule has 0 bridgehead atoms. The molecule has 0 amide bonds. The van der Waals surface area contributed by atoms with Crippen LogP contribution < -0.4 is 5.73 Å². The molecule has 1 heterocycles. The number of ether oxygens (including phenoxy) is 1. The van der Waals surface area contributed by atoms with Crippen molar-refractivity contribution in [1.29, 1.82) is 0 Å². The highest BCUT2D eigenvalue weighted by atomic mass is 16.5. The maximum atomic E-state index is 10.7. The van der Waals surface area contributed by atoms with Crippen LogP contribution in [0.4, 0.5) is 0 Å². The lowest BCUT2D eigenvalue weighted by Crippen LogP contribution is -2.45. The average molecular weight is 159 g/mol. The van der Waals surface area contributed by atoms with Gasteiger partial charge in [-0.25, -0.2) is 0 Å². The number of hydrogen-bond acceptors (Lipinski definition) is 3. The lowest BCUT2D eigenvalue weighted by atomic mass is 9.83. The number of carboxylic acid groups (broad SMARTS) is 1. The number of carbonyl (C=O) groups is 1. The Morgan fingerprint density at radius 2 is 2.45 bits per heavy atom. The largest absolute Gasteiger partial charge is 0.481 e. The van der Waals surface area contributed by atoms with Crippen molar-refractivity contribution in [2.45, 2.75) is 12.8 Å². The van der Waals surface area contributed by atoms with E-state index in [9.17, 15) is 4.79 Å². The van der Waals surface area contributed by atoms with Gasteiger partial charge in [0.25, 0.3) is 0 Å². The number of carboxylic acids is 1. The molecule has 0 aromatic carbocycles. The van der Waals surface area contributed by atoms with Crippen LogP contribution in [-0.2, 0) is 9.53 Å². The molecule has 4 nitrogen and oxygen atoms in total. The first kappa shape index (κ1) is 8.49. The van der Waals surface area contributed by atoms with E-state index in [1.807, 2.05) is 0 Å². The molecule has 0 aromatic heterocycles. The van der Waals surface area contributed by atoms with Crippen molar-refractivity contribution in [3.63, 3.8) is 0 Å². The zero-order valence-corrected chi connectivity index (χ0v) is 6.38. The van der Waals surface area contributed by atoms with Crippen LogP contribution in [-0.4, -0.2) is 30.8 Å². The number of rotatable bonds is 2. The Kier molecular flexibility index (Phi) is 2.46. The van der Waals surface area contributed by atoms with Crippen molar-refractivity contribution in [2.75, 3.05) is 19.8 Å². The average Bonchev–Trinajstić information content (AvgIpc) is 2.05. The predicted molar refractivity (Wildman–Crippen MR) is 39.2 cm³/mol. The van der Waals surface area contributed by atoms with Gasteiger partial charge in [0.1, 0.15) is 5.41 Å². The van der Waals surface area contributed by atoms with Crippen LogP contribution in [0.15, 0.2) is 0 Å². The van der Waals surface area contributed by atoms with E-state index in [0.29, 0.717) is 13.0 Å². The Bertz CT molecular complexity index is 152. The first-order valence-corrected chi connectivity index (χ1v) is 3.72. The van der Waals surface area contributed by atoms with E-state index >= 15 is 0 Å². The van der Waals surface area contributed by atoms with E-state index in [0.717, 1.165) is 6.42 Å². The maximum absolute atomic E-state index is 10.7. The SMILES string of the molecule is NCC1(C(=O)O)CCCOC1. The van der Waals surface area contributed by atoms with Crippen molar-refractivity contribution >= 4 is 5.97 Å². The van der Waals surface area contributed by atoms with Crippen LogP contribution in [0.3, 0.4) is 0 Å². The Morgan fingerprint density at radius 1 is 1.73 bits per heavy atom. The number of hydrogen-bond donors (Lipinski definition) is 2. The molecule has 1 aliphatic rings. The summed E-state index contributed by atoms with van der Waals surface area (Å²) in [7, 11) is 0. The molecule has 0 aromatic rings. The molecular weight excluding hydrogens is 146 g/mol. The van der Waals surface area contributed by atoms with E-state index in [1.165, 1.54) is 0 Å². The van der Waals surface area contributed by atoms with E-state index in [-0.39, 0.29) is 13.2 Å². The molecule has 1 aliphatic heterocycles. The third kappa shape index (κ3) is 1.52. The summed E-state index contributed by atoms with van der Waals surface area (Å²) in [6.07, 6.45) is 1.43. The fourth-order valence-corrected chi connectivity index (χ4v) is 1.27. The second-order valence-corrected chi connectivity index (χ2v) is 2.95. The topological polar surface area (TPSA) is 72.6 Å². The summed E-state index contributed by atoms with van der Waals surface area (Å²) in [5, 5.41) is 8.83. The minimum atomic E-state index is -0.834. The van der Waals surface area contributed by atoms with Crippen molar-refractivity contribution in [1.82, 2.24) is 0 Å². The Labute approximate surface area is 65.3 Å². The smallest absolute Gasteiger partial charge is 0.313 e. The minimum absolute atomic E-state index is 0.169. The maximum Gasteiger partial charge on any atom is 0.313 e. The normalized spacial score (nSPS) is 31.7. The summed E-state index contributed by atoms with van der Waals surface area (Å²) in [5.41, 5.74) is 4.57. The highest BCUT2D eigenvalue weighted by Crippen LogP contribution is 2.27. The third-order valence-corrected chi connectivity index (χ3v) is 2.17. The highest BCUT2D eigenvalue weighted by molar-refractivity contribution is 5.75. The number of aliphatic carboxylic acids is 1. The van der Waals surface area contributed by atoms with Crippen molar-refractivity contribution in [3.8, 4) is 0 Å². The number of nitrogens with two attached hydrogens (primary N) is 1. The van der Waals surface area contributed by atoms with Gasteiger partial charge in [0, 0.05) is 13.2 Å². The van der Waals surface area contributed by atoms with Crippen LogP contribution in [0.1, 0.15) is 12.8 Å². The summed E-state index contributed by atoms with van der Waals surface area (Å²) in [5.74, 6) is -0.834. The zero-order chi connectivity index (χ0) is 8.32. The first-order valence-electron chi connectivity index (χ1n) is 3.72. The van der Waals surface area contributed by atoms with Crippen LogP contribution in [0, 0.1) is 5.41 Å². The standard InChI is InChI=1S/C7H13NO3/c8-4-7(6(9)10)2-1-3-11-5-7/h1-5,8H2,(H,9,10). The Balaban J connectivity index is 2.64. The molecule has 0 radical (unpaired) electrons. The van der Waals surface area contributed by atoms with Gasteiger partial charge in [-0.05, 0) is 12.8 Å². The monoisotopic (exact) mass is 159 g/mol.